The maximum absolute atomic E-state index is 13.5. The third-order valence-electron chi connectivity index (χ3n) is 3.49. The van der Waals surface area contributed by atoms with E-state index >= 15 is 0 Å². The van der Waals surface area contributed by atoms with Gasteiger partial charge >= 0.3 is 41.7 Å². The van der Waals surface area contributed by atoms with Gasteiger partial charge in [0.15, 0.2) is 0 Å². The van der Waals surface area contributed by atoms with Gasteiger partial charge < -0.3 is 4.74 Å². The van der Waals surface area contributed by atoms with Gasteiger partial charge in [0.25, 0.3) is 0 Å². The topological polar surface area (TPSA) is 41.6 Å². The van der Waals surface area contributed by atoms with Crippen LogP contribution in [0.1, 0.15) is 0 Å². The van der Waals surface area contributed by atoms with Crippen molar-refractivity contribution in [2.75, 3.05) is 26.3 Å². The number of nitrogens with zero attached hydrogens (tertiary/aromatic N) is 1. The van der Waals surface area contributed by atoms with Crippen LogP contribution >= 0.6 is 0 Å². The Hall–Kier alpha value is -1.52. The van der Waals surface area contributed by atoms with Gasteiger partial charge in [-0.15, -0.1) is 0 Å². The van der Waals surface area contributed by atoms with Gasteiger partial charge in [-0.2, -0.15) is 57.1 Å². The number of ether oxygens (including phenoxy) is 1. The van der Waals surface area contributed by atoms with Crippen molar-refractivity contribution in [1.82, 2.24) is 10.4 Å². The molecule has 0 atom stereocenters. The molecule has 1 aliphatic heterocycles. The zero-order chi connectivity index (χ0) is 22.4. The SMILES string of the molecule is O=C(NN1CCOCC1)C(F)(F)C(F)(F)C(F)(F)C(F)(F)C(F)(F)C(F)(F)F. The third kappa shape index (κ3) is 3.57. The zero-order valence-electron chi connectivity index (χ0n) is 13.0. The second kappa shape index (κ2) is 7.07. The van der Waals surface area contributed by atoms with E-state index in [1.165, 1.54) is 0 Å². The van der Waals surface area contributed by atoms with Crippen molar-refractivity contribution < 1.29 is 66.6 Å². The van der Waals surface area contributed by atoms with E-state index < -0.39 is 54.8 Å². The number of hydrazine groups is 1. The summed E-state index contributed by atoms with van der Waals surface area (Å²) in [7, 11) is 0. The molecule has 1 aliphatic rings. The van der Waals surface area contributed by atoms with Crippen molar-refractivity contribution in [2.45, 2.75) is 35.8 Å². The number of carbonyl (C=O) groups is 1. The summed E-state index contributed by atoms with van der Waals surface area (Å²) in [6.45, 7) is -1.39. The predicted octanol–water partition coefficient (Wildman–Crippen LogP) is 3.09. The van der Waals surface area contributed by atoms with E-state index in [4.69, 9.17) is 0 Å². The monoisotopic (exact) mass is 448 g/mol. The van der Waals surface area contributed by atoms with Crippen LogP contribution in [0.25, 0.3) is 0 Å². The highest BCUT2D eigenvalue weighted by Crippen LogP contribution is 2.60. The van der Waals surface area contributed by atoms with Gasteiger partial charge in [0.05, 0.1) is 13.2 Å². The standard InChI is InChI=1S/C11H9F13N2O2/c12-6(13,5(27)25-26-1-3-28-4-2-26)7(14,15)8(16,17)9(18,19)10(20,21)11(22,23)24/h1-4H2,(H,25,27). The van der Waals surface area contributed by atoms with Crippen LogP contribution in [-0.2, 0) is 9.53 Å². The van der Waals surface area contributed by atoms with Crippen LogP contribution in [-0.4, -0.2) is 73.0 Å². The number of alkyl halides is 13. The molecule has 1 heterocycles. The van der Waals surface area contributed by atoms with Gasteiger partial charge in [0, 0.05) is 13.1 Å². The van der Waals surface area contributed by atoms with Gasteiger partial charge in [-0.3, -0.25) is 10.2 Å². The fourth-order valence-electron chi connectivity index (χ4n) is 1.80. The Kier molecular flexibility index (Phi) is 6.19. The highest BCUT2D eigenvalue weighted by atomic mass is 19.4. The molecule has 1 rings (SSSR count). The summed E-state index contributed by atoms with van der Waals surface area (Å²) in [5, 5.41) is 0.427. The van der Waals surface area contributed by atoms with Crippen LogP contribution < -0.4 is 5.43 Å². The van der Waals surface area contributed by atoms with Crippen molar-refractivity contribution in [3.63, 3.8) is 0 Å². The highest BCUT2D eigenvalue weighted by molar-refractivity contribution is 5.84. The van der Waals surface area contributed by atoms with Crippen LogP contribution in [0.4, 0.5) is 57.1 Å². The first-order valence-electron chi connectivity index (χ1n) is 6.84. The van der Waals surface area contributed by atoms with Crippen LogP contribution in [0, 0.1) is 0 Å². The molecule has 166 valence electrons. The molecule has 1 fully saturated rings. The third-order valence-corrected chi connectivity index (χ3v) is 3.49. The minimum atomic E-state index is -8.04. The fraction of sp³-hybridized carbons (Fsp3) is 0.909. The first kappa shape index (κ1) is 24.5. The van der Waals surface area contributed by atoms with Crippen LogP contribution in [0.2, 0.25) is 0 Å². The van der Waals surface area contributed by atoms with Crippen molar-refractivity contribution in [3.05, 3.63) is 0 Å². The van der Waals surface area contributed by atoms with E-state index in [0.29, 0.717) is 5.01 Å². The Morgan fingerprint density at radius 3 is 1.46 bits per heavy atom. The van der Waals surface area contributed by atoms with Crippen molar-refractivity contribution in [1.29, 1.82) is 0 Å². The summed E-state index contributed by atoms with van der Waals surface area (Å²) in [5.74, 6) is -41.6. The van der Waals surface area contributed by atoms with E-state index in [9.17, 15) is 61.9 Å². The molecule has 1 amide bonds. The maximum atomic E-state index is 13.5. The zero-order valence-corrected chi connectivity index (χ0v) is 13.0. The van der Waals surface area contributed by atoms with Crippen LogP contribution in [0.5, 0.6) is 0 Å². The van der Waals surface area contributed by atoms with Gasteiger partial charge in [0.2, 0.25) is 0 Å². The minimum absolute atomic E-state index is 0.256. The van der Waals surface area contributed by atoms with Crippen LogP contribution in [0.15, 0.2) is 0 Å². The molecule has 1 saturated heterocycles. The Bertz CT molecular complexity index is 584. The largest absolute Gasteiger partial charge is 0.460 e. The molecule has 0 saturated carbocycles. The highest BCUT2D eigenvalue weighted by Gasteiger charge is 2.91. The number of nitrogens with one attached hydrogen (secondary N) is 1. The molecule has 0 spiro atoms. The molecule has 0 aromatic heterocycles. The lowest BCUT2D eigenvalue weighted by atomic mass is 9.93. The van der Waals surface area contributed by atoms with E-state index in [2.05, 4.69) is 4.74 Å². The van der Waals surface area contributed by atoms with E-state index in [1.54, 1.807) is 0 Å². The minimum Gasteiger partial charge on any atom is -0.379 e. The fourth-order valence-corrected chi connectivity index (χ4v) is 1.80. The summed E-state index contributed by atoms with van der Waals surface area (Å²) in [4.78, 5) is 11.2. The quantitative estimate of drug-likeness (QED) is 0.636. The average molecular weight is 448 g/mol. The van der Waals surface area contributed by atoms with Gasteiger partial charge in [-0.25, -0.2) is 5.01 Å². The number of amides is 1. The molecule has 1 N–H and O–H groups in total. The predicted molar refractivity (Wildman–Crippen MR) is 61.3 cm³/mol. The summed E-state index contributed by atoms with van der Waals surface area (Å²) < 4.78 is 172. The van der Waals surface area contributed by atoms with Crippen LogP contribution in [0.3, 0.4) is 0 Å². The average Bonchev–Trinajstić information content (AvgIpc) is 2.53. The molecular weight excluding hydrogens is 439 g/mol. The summed E-state index contributed by atoms with van der Waals surface area (Å²) in [5.41, 5.74) is 0.954. The second-order valence-electron chi connectivity index (χ2n) is 5.41. The van der Waals surface area contributed by atoms with E-state index in [0.717, 1.165) is 5.43 Å². The first-order valence-corrected chi connectivity index (χ1v) is 6.84. The Balaban J connectivity index is 3.26. The Labute approximate surface area is 146 Å². The summed E-state index contributed by atoms with van der Waals surface area (Å²) in [6.07, 6.45) is -7.50. The maximum Gasteiger partial charge on any atom is 0.460 e. The lowest BCUT2D eigenvalue weighted by Gasteiger charge is -2.39. The first-order chi connectivity index (χ1) is 12.2. The number of carbonyl (C=O) groups excluding carboxylic acids is 1. The summed E-state index contributed by atoms with van der Waals surface area (Å²) in [6, 6.07) is 0. The number of hydrogen-bond donors (Lipinski definition) is 1. The molecule has 28 heavy (non-hydrogen) atoms. The molecule has 0 aromatic rings. The number of hydrogen-bond acceptors (Lipinski definition) is 3. The lowest BCUT2D eigenvalue weighted by molar-refractivity contribution is -0.436. The van der Waals surface area contributed by atoms with Gasteiger partial charge in [-0.1, -0.05) is 0 Å². The van der Waals surface area contributed by atoms with Gasteiger partial charge in [0.1, 0.15) is 0 Å². The smallest absolute Gasteiger partial charge is 0.379 e. The summed E-state index contributed by atoms with van der Waals surface area (Å²) >= 11 is 0. The van der Waals surface area contributed by atoms with E-state index in [1.807, 2.05) is 0 Å². The number of rotatable bonds is 6. The second-order valence-corrected chi connectivity index (χ2v) is 5.41. The van der Waals surface area contributed by atoms with Crippen molar-refractivity contribution >= 4 is 5.91 Å². The molecule has 0 unspecified atom stereocenters. The molecule has 0 radical (unpaired) electrons. The number of morpholine rings is 1. The molecule has 4 nitrogen and oxygen atoms in total. The molecular formula is C11H9F13N2O2. The lowest BCUT2D eigenvalue weighted by Crippen LogP contribution is -2.72. The Morgan fingerprint density at radius 2 is 1.07 bits per heavy atom. The van der Waals surface area contributed by atoms with E-state index in [-0.39, 0.29) is 13.2 Å². The van der Waals surface area contributed by atoms with Crippen molar-refractivity contribution in [3.8, 4) is 0 Å². The van der Waals surface area contributed by atoms with Crippen molar-refractivity contribution in [2.24, 2.45) is 0 Å². The molecule has 0 aromatic carbocycles. The number of halogens is 13. The van der Waals surface area contributed by atoms with Gasteiger partial charge in [-0.05, 0) is 0 Å². The molecule has 17 heteroatoms. The molecule has 0 aliphatic carbocycles. The normalized spacial score (nSPS) is 18.9. The molecule has 0 bridgehead atoms. The Morgan fingerprint density at radius 1 is 0.679 bits per heavy atom.